The van der Waals surface area contributed by atoms with Gasteiger partial charge in [-0.15, -0.1) is 0 Å². The number of nitro groups is 1. The van der Waals surface area contributed by atoms with Crippen LogP contribution in [0.25, 0.3) is 0 Å². The summed E-state index contributed by atoms with van der Waals surface area (Å²) in [5, 5.41) is 14.9. The Balaban J connectivity index is 2.14. The van der Waals surface area contributed by atoms with Gasteiger partial charge >= 0.3 is 5.97 Å². The number of ether oxygens (including phenoxy) is 1. The lowest BCUT2D eigenvalue weighted by molar-refractivity contribution is -0.483. The quantitative estimate of drug-likeness (QED) is 0.151. The second-order valence-electron chi connectivity index (χ2n) is 8.23. The van der Waals surface area contributed by atoms with E-state index in [0.29, 0.717) is 0 Å². The molecule has 4 aromatic carbocycles. The van der Waals surface area contributed by atoms with Crippen LogP contribution in [0, 0.1) is 10.1 Å². The van der Waals surface area contributed by atoms with Gasteiger partial charge in [-0.3, -0.25) is 10.1 Å². The summed E-state index contributed by atoms with van der Waals surface area (Å²) in [5.74, 6) is -1.15. The molecule has 0 aliphatic rings. The van der Waals surface area contributed by atoms with E-state index in [0.717, 1.165) is 21.5 Å². The predicted octanol–water partition coefficient (Wildman–Crippen LogP) is 4.58. The fourth-order valence-electron chi connectivity index (χ4n) is 4.88. The number of nitrogens with zero attached hydrogens (tertiary/aromatic N) is 1. The van der Waals surface area contributed by atoms with Crippen LogP contribution in [-0.4, -0.2) is 30.2 Å². The van der Waals surface area contributed by atoms with Crippen molar-refractivity contribution in [3.63, 3.8) is 0 Å². The summed E-state index contributed by atoms with van der Waals surface area (Å²) in [5.41, 5.74) is -0.0701. The van der Waals surface area contributed by atoms with E-state index < -0.39 is 31.4 Å². The number of hydrogen-bond acceptors (Lipinski definition) is 4. The Bertz CT molecular complexity index is 1150. The van der Waals surface area contributed by atoms with Crippen LogP contribution in [-0.2, 0) is 9.53 Å². The molecule has 0 saturated carbocycles. The van der Waals surface area contributed by atoms with Gasteiger partial charge in [-0.05, 0) is 42.0 Å². The van der Waals surface area contributed by atoms with Gasteiger partial charge in [-0.2, -0.15) is 0 Å². The van der Waals surface area contributed by atoms with Crippen LogP contribution in [0.3, 0.4) is 0 Å². The van der Waals surface area contributed by atoms with Crippen molar-refractivity contribution in [1.82, 2.24) is 0 Å². The van der Waals surface area contributed by atoms with Crippen LogP contribution < -0.4 is 15.9 Å². The number of methoxy groups -OCH3 is 1. The molecule has 4 rings (SSSR count). The highest BCUT2D eigenvalue weighted by Crippen LogP contribution is 2.63. The second kappa shape index (κ2) is 11.1. The minimum Gasteiger partial charge on any atom is -0.466 e. The molecule has 0 amide bonds. The van der Waals surface area contributed by atoms with Crippen LogP contribution in [0.1, 0.15) is 11.5 Å². The van der Waals surface area contributed by atoms with Gasteiger partial charge in [0.2, 0.25) is 6.54 Å². The maximum absolute atomic E-state index is 13.9. The highest BCUT2D eigenvalue weighted by atomic mass is 31.2. The smallest absolute Gasteiger partial charge is 0.348 e. The first kappa shape index (κ1) is 24.3. The van der Waals surface area contributed by atoms with E-state index >= 15 is 0 Å². The molecule has 0 N–H and O–H groups in total. The molecule has 2 atom stereocenters. The molecule has 0 fully saturated rings. The molecule has 0 heterocycles. The lowest BCUT2D eigenvalue weighted by atomic mass is 9.95. The molecule has 4 aromatic rings. The van der Waals surface area contributed by atoms with Crippen molar-refractivity contribution >= 4 is 29.1 Å². The molecule has 0 radical (unpaired) electrons. The Hall–Kier alpha value is -3.82. The van der Waals surface area contributed by atoms with Gasteiger partial charge in [-0.1, -0.05) is 84.9 Å². The third-order valence-corrected chi connectivity index (χ3v) is 11.0. The van der Waals surface area contributed by atoms with Gasteiger partial charge in [0.1, 0.15) is 23.2 Å². The maximum Gasteiger partial charge on any atom is 0.348 e. The zero-order valence-corrected chi connectivity index (χ0v) is 20.3. The van der Waals surface area contributed by atoms with Crippen molar-refractivity contribution in [2.45, 2.75) is 11.6 Å². The Labute approximate surface area is 205 Å². The molecule has 0 aliphatic carbocycles. The van der Waals surface area contributed by atoms with Crippen LogP contribution in [0.15, 0.2) is 121 Å². The first-order chi connectivity index (χ1) is 17.1. The Morgan fingerprint density at radius 3 is 1.46 bits per heavy atom. The van der Waals surface area contributed by atoms with Gasteiger partial charge in [0, 0.05) is 4.92 Å². The Morgan fingerprint density at radius 1 is 0.743 bits per heavy atom. The molecule has 0 aromatic heterocycles. The fraction of sp³-hybridized carbons (Fsp3) is 0.138. The average Bonchev–Trinajstić information content (AvgIpc) is 2.92. The molecule has 2 unspecified atom stereocenters. The molecular formula is C29H27NO4P+. The van der Waals surface area contributed by atoms with Gasteiger partial charge in [-0.25, -0.2) is 4.79 Å². The summed E-state index contributed by atoms with van der Waals surface area (Å²) >= 11 is 0. The van der Waals surface area contributed by atoms with E-state index in [4.69, 9.17) is 4.74 Å². The molecule has 35 heavy (non-hydrogen) atoms. The van der Waals surface area contributed by atoms with Crippen LogP contribution in [0.4, 0.5) is 0 Å². The van der Waals surface area contributed by atoms with E-state index in [1.807, 2.05) is 121 Å². The number of esters is 1. The molecule has 6 heteroatoms. The summed E-state index contributed by atoms with van der Waals surface area (Å²) in [4.78, 5) is 25.5. The first-order valence-electron chi connectivity index (χ1n) is 11.4. The van der Waals surface area contributed by atoms with Crippen LogP contribution in [0.2, 0.25) is 0 Å². The third kappa shape index (κ3) is 4.87. The zero-order valence-electron chi connectivity index (χ0n) is 19.4. The van der Waals surface area contributed by atoms with Crippen molar-refractivity contribution in [2.75, 3.05) is 13.7 Å². The summed E-state index contributed by atoms with van der Waals surface area (Å²) < 4.78 is 5.43. The molecule has 0 aliphatic heterocycles. The van der Waals surface area contributed by atoms with Crippen molar-refractivity contribution in [3.05, 3.63) is 137 Å². The minimum atomic E-state index is -2.79. The van der Waals surface area contributed by atoms with Crippen molar-refractivity contribution in [1.29, 1.82) is 0 Å². The van der Waals surface area contributed by atoms with Gasteiger partial charge in [0.25, 0.3) is 0 Å². The van der Waals surface area contributed by atoms with Gasteiger partial charge in [0.15, 0.2) is 5.66 Å². The Kier molecular flexibility index (Phi) is 7.69. The predicted molar refractivity (Wildman–Crippen MR) is 142 cm³/mol. The zero-order chi connectivity index (χ0) is 24.7. The summed E-state index contributed by atoms with van der Waals surface area (Å²) in [7, 11) is -1.43. The average molecular weight is 485 g/mol. The number of rotatable bonds is 9. The summed E-state index contributed by atoms with van der Waals surface area (Å²) in [6, 6.07) is 39.0. The number of carbonyl (C=O) groups is 1. The highest BCUT2D eigenvalue weighted by molar-refractivity contribution is 7.96. The fourth-order valence-corrected chi connectivity index (χ4v) is 9.89. The third-order valence-electron chi connectivity index (χ3n) is 6.30. The van der Waals surface area contributed by atoms with E-state index in [1.165, 1.54) is 7.11 Å². The van der Waals surface area contributed by atoms with E-state index in [-0.39, 0.29) is 4.92 Å². The normalized spacial score (nSPS) is 12.9. The topological polar surface area (TPSA) is 69.4 Å². The second-order valence-corrected chi connectivity index (χ2v) is 11.8. The van der Waals surface area contributed by atoms with Crippen LogP contribution >= 0.6 is 7.26 Å². The first-order valence-corrected chi connectivity index (χ1v) is 13.2. The molecule has 176 valence electrons. The molecule has 0 bridgehead atoms. The van der Waals surface area contributed by atoms with Crippen molar-refractivity contribution in [3.8, 4) is 0 Å². The number of benzene rings is 4. The standard InChI is InChI=1S/C29H27NO4P/c1-34-29(31)28(27(22-30(32)33)23-14-6-2-7-15-23)35(24-16-8-3-9-17-24,25-18-10-4-11-19-25)26-20-12-5-13-21-26/h2-21,27-28H,22H2,1H3/q+1. The maximum atomic E-state index is 13.9. The lowest BCUT2D eigenvalue weighted by Crippen LogP contribution is -2.47. The minimum absolute atomic E-state index is 0.330. The number of carbonyl (C=O) groups excluding carboxylic acids is 1. The molecule has 0 saturated heterocycles. The molecular weight excluding hydrogens is 457 g/mol. The SMILES string of the molecule is COC(=O)C(C(C[N+](=O)[O-])c1ccccc1)[P+](c1ccccc1)(c1ccccc1)c1ccccc1. The van der Waals surface area contributed by atoms with E-state index in [1.54, 1.807) is 0 Å². The highest BCUT2D eigenvalue weighted by Gasteiger charge is 2.60. The van der Waals surface area contributed by atoms with Crippen LogP contribution in [0.5, 0.6) is 0 Å². The van der Waals surface area contributed by atoms with Gasteiger partial charge in [0.05, 0.1) is 13.0 Å². The summed E-state index contributed by atoms with van der Waals surface area (Å²) in [6.07, 6.45) is 0. The Morgan fingerprint density at radius 2 is 1.11 bits per heavy atom. The monoisotopic (exact) mass is 484 g/mol. The number of hydrogen-bond donors (Lipinski definition) is 0. The molecule has 0 spiro atoms. The van der Waals surface area contributed by atoms with Gasteiger partial charge < -0.3 is 4.74 Å². The summed E-state index contributed by atoms with van der Waals surface area (Å²) in [6.45, 7) is -0.391. The van der Waals surface area contributed by atoms with E-state index in [2.05, 4.69) is 0 Å². The largest absolute Gasteiger partial charge is 0.466 e. The van der Waals surface area contributed by atoms with E-state index in [9.17, 15) is 14.9 Å². The van der Waals surface area contributed by atoms with Crippen molar-refractivity contribution < 1.29 is 14.5 Å². The molecule has 5 nitrogen and oxygen atoms in total. The lowest BCUT2D eigenvalue weighted by Gasteiger charge is -2.36. The van der Waals surface area contributed by atoms with Crippen molar-refractivity contribution in [2.24, 2.45) is 0 Å².